The summed E-state index contributed by atoms with van der Waals surface area (Å²) in [5.41, 5.74) is 5.84. The Morgan fingerprint density at radius 3 is 2.06 bits per heavy atom. The Morgan fingerprint density at radius 1 is 1.00 bits per heavy atom. The number of benzene rings is 1. The molecule has 0 heterocycles. The molecule has 0 aliphatic heterocycles. The number of rotatable bonds is 1. The van der Waals surface area contributed by atoms with Gasteiger partial charge in [-0.2, -0.15) is 0 Å². The molecule has 0 saturated heterocycles. The van der Waals surface area contributed by atoms with E-state index in [0.29, 0.717) is 0 Å². The molecule has 1 aliphatic rings. The third kappa shape index (κ3) is 2.27. The molecule has 0 atom stereocenters. The molecule has 0 bridgehead atoms. The SMILES string of the molecule is CC1=CCC(c2ccc(C(C)(C)C)cc2)=C1. The van der Waals surface area contributed by atoms with Gasteiger partial charge in [0.2, 0.25) is 0 Å². The summed E-state index contributed by atoms with van der Waals surface area (Å²) < 4.78 is 0. The normalized spacial score (nSPS) is 16.0. The third-order valence-electron chi connectivity index (χ3n) is 3.17. The molecule has 2 rings (SSSR count). The van der Waals surface area contributed by atoms with Crippen LogP contribution in [0.25, 0.3) is 5.57 Å². The predicted octanol–water partition coefficient (Wildman–Crippen LogP) is 4.72. The maximum absolute atomic E-state index is 2.28. The average Bonchev–Trinajstić information content (AvgIpc) is 2.64. The monoisotopic (exact) mass is 212 g/mol. The highest BCUT2D eigenvalue weighted by Gasteiger charge is 2.13. The molecule has 0 aromatic heterocycles. The molecular formula is C16H20. The lowest BCUT2D eigenvalue weighted by molar-refractivity contribution is 0.590. The second-order valence-electron chi connectivity index (χ2n) is 5.65. The van der Waals surface area contributed by atoms with Gasteiger partial charge in [0.1, 0.15) is 0 Å². The van der Waals surface area contributed by atoms with E-state index in [2.05, 4.69) is 64.1 Å². The Morgan fingerprint density at radius 2 is 1.62 bits per heavy atom. The number of allylic oxidation sites excluding steroid dienone is 4. The van der Waals surface area contributed by atoms with Gasteiger partial charge < -0.3 is 0 Å². The predicted molar refractivity (Wildman–Crippen MR) is 71.5 cm³/mol. The van der Waals surface area contributed by atoms with Crippen LogP contribution in [0.2, 0.25) is 0 Å². The molecule has 0 spiro atoms. The zero-order valence-electron chi connectivity index (χ0n) is 10.7. The first-order chi connectivity index (χ1) is 7.47. The Labute approximate surface area is 98.7 Å². The van der Waals surface area contributed by atoms with Crippen molar-refractivity contribution in [2.45, 2.75) is 39.5 Å². The van der Waals surface area contributed by atoms with E-state index in [9.17, 15) is 0 Å². The number of hydrogen-bond acceptors (Lipinski definition) is 0. The summed E-state index contributed by atoms with van der Waals surface area (Å²) in [6, 6.07) is 9.01. The maximum atomic E-state index is 2.28. The standard InChI is InChI=1S/C16H20/c1-12-5-6-14(11-12)13-7-9-15(10-8-13)16(2,3)4/h5,7-11H,6H2,1-4H3. The van der Waals surface area contributed by atoms with Crippen molar-refractivity contribution < 1.29 is 0 Å². The first kappa shape index (κ1) is 11.2. The lowest BCUT2D eigenvalue weighted by Gasteiger charge is -2.19. The summed E-state index contributed by atoms with van der Waals surface area (Å²) in [5.74, 6) is 0. The van der Waals surface area contributed by atoms with Crippen molar-refractivity contribution in [3.63, 3.8) is 0 Å². The van der Waals surface area contributed by atoms with Crippen LogP contribution in [0.4, 0.5) is 0 Å². The van der Waals surface area contributed by atoms with Gasteiger partial charge in [0.05, 0.1) is 0 Å². The smallest absolute Gasteiger partial charge is 0.00857 e. The summed E-state index contributed by atoms with van der Waals surface area (Å²) in [4.78, 5) is 0. The molecule has 1 aromatic rings. The van der Waals surface area contributed by atoms with Crippen LogP contribution < -0.4 is 0 Å². The second kappa shape index (κ2) is 3.93. The summed E-state index contributed by atoms with van der Waals surface area (Å²) in [6.45, 7) is 8.92. The molecular weight excluding hydrogens is 192 g/mol. The van der Waals surface area contributed by atoms with Crippen molar-refractivity contribution in [2.75, 3.05) is 0 Å². The van der Waals surface area contributed by atoms with E-state index >= 15 is 0 Å². The van der Waals surface area contributed by atoms with Crippen molar-refractivity contribution in [1.82, 2.24) is 0 Å². The highest BCUT2D eigenvalue weighted by Crippen LogP contribution is 2.29. The summed E-state index contributed by atoms with van der Waals surface area (Å²) in [5, 5.41) is 0. The molecule has 0 radical (unpaired) electrons. The van der Waals surface area contributed by atoms with Gasteiger partial charge >= 0.3 is 0 Å². The molecule has 16 heavy (non-hydrogen) atoms. The molecule has 84 valence electrons. The second-order valence-corrected chi connectivity index (χ2v) is 5.65. The minimum Gasteiger partial charge on any atom is -0.0772 e. The minimum atomic E-state index is 0.247. The fourth-order valence-electron chi connectivity index (χ4n) is 2.05. The van der Waals surface area contributed by atoms with Crippen molar-refractivity contribution in [3.05, 3.63) is 53.1 Å². The average molecular weight is 212 g/mol. The van der Waals surface area contributed by atoms with Crippen LogP contribution in [0.1, 0.15) is 45.2 Å². The highest BCUT2D eigenvalue weighted by molar-refractivity contribution is 5.72. The summed E-state index contributed by atoms with van der Waals surface area (Å²) in [7, 11) is 0. The van der Waals surface area contributed by atoms with Crippen LogP contribution >= 0.6 is 0 Å². The third-order valence-corrected chi connectivity index (χ3v) is 3.17. The molecule has 1 aliphatic carbocycles. The van der Waals surface area contributed by atoms with Gasteiger partial charge in [0, 0.05) is 0 Å². The van der Waals surface area contributed by atoms with Crippen molar-refractivity contribution >= 4 is 5.57 Å². The van der Waals surface area contributed by atoms with E-state index < -0.39 is 0 Å². The molecule has 1 aromatic carbocycles. The van der Waals surface area contributed by atoms with E-state index in [0.717, 1.165) is 6.42 Å². The van der Waals surface area contributed by atoms with Crippen LogP contribution in [0, 0.1) is 0 Å². The highest BCUT2D eigenvalue weighted by atomic mass is 14.2. The maximum Gasteiger partial charge on any atom is -0.00857 e. The first-order valence-corrected chi connectivity index (χ1v) is 5.95. The molecule has 0 heteroatoms. The van der Waals surface area contributed by atoms with E-state index in [4.69, 9.17) is 0 Å². The number of hydrogen-bond donors (Lipinski definition) is 0. The Bertz CT molecular complexity index is 436. The Kier molecular flexibility index (Phi) is 2.75. The molecule has 0 nitrogen and oxygen atoms in total. The van der Waals surface area contributed by atoms with Gasteiger partial charge in [-0.25, -0.2) is 0 Å². The molecule has 0 amide bonds. The zero-order chi connectivity index (χ0) is 11.8. The molecule has 0 N–H and O–H groups in total. The zero-order valence-corrected chi connectivity index (χ0v) is 10.7. The van der Waals surface area contributed by atoms with Gasteiger partial charge in [-0.15, -0.1) is 0 Å². The summed E-state index contributed by atoms with van der Waals surface area (Å²) in [6.07, 6.45) is 5.65. The van der Waals surface area contributed by atoms with E-state index in [1.165, 1.54) is 22.3 Å². The van der Waals surface area contributed by atoms with Gasteiger partial charge in [-0.1, -0.05) is 62.8 Å². The fourth-order valence-corrected chi connectivity index (χ4v) is 2.05. The summed E-state index contributed by atoms with van der Waals surface area (Å²) >= 11 is 0. The van der Waals surface area contributed by atoms with Crippen molar-refractivity contribution in [2.24, 2.45) is 0 Å². The molecule has 0 fully saturated rings. The Hall–Kier alpha value is -1.30. The lowest BCUT2D eigenvalue weighted by atomic mass is 9.86. The molecule has 0 saturated carbocycles. The van der Waals surface area contributed by atoms with Crippen LogP contribution in [0.5, 0.6) is 0 Å². The largest absolute Gasteiger partial charge is 0.0772 e. The quantitative estimate of drug-likeness (QED) is 0.632. The van der Waals surface area contributed by atoms with Crippen LogP contribution in [-0.4, -0.2) is 0 Å². The molecule has 0 unspecified atom stereocenters. The van der Waals surface area contributed by atoms with Gasteiger partial charge in [0.25, 0.3) is 0 Å². The van der Waals surface area contributed by atoms with Gasteiger partial charge in [-0.3, -0.25) is 0 Å². The van der Waals surface area contributed by atoms with Crippen LogP contribution in [-0.2, 0) is 5.41 Å². The van der Waals surface area contributed by atoms with Crippen molar-refractivity contribution in [3.8, 4) is 0 Å². The van der Waals surface area contributed by atoms with Gasteiger partial charge in [-0.05, 0) is 35.5 Å². The first-order valence-electron chi connectivity index (χ1n) is 5.95. The fraction of sp³-hybridized carbons (Fsp3) is 0.375. The van der Waals surface area contributed by atoms with E-state index in [-0.39, 0.29) is 5.41 Å². The van der Waals surface area contributed by atoms with E-state index in [1.54, 1.807) is 0 Å². The van der Waals surface area contributed by atoms with Crippen molar-refractivity contribution in [1.29, 1.82) is 0 Å². The van der Waals surface area contributed by atoms with Crippen LogP contribution in [0.3, 0.4) is 0 Å². The van der Waals surface area contributed by atoms with Gasteiger partial charge in [0.15, 0.2) is 0 Å². The van der Waals surface area contributed by atoms with Crippen LogP contribution in [0.15, 0.2) is 42.0 Å². The van der Waals surface area contributed by atoms with E-state index in [1.807, 2.05) is 0 Å². The topological polar surface area (TPSA) is 0 Å². The minimum absolute atomic E-state index is 0.247. The lowest BCUT2D eigenvalue weighted by Crippen LogP contribution is -2.10. The Balaban J connectivity index is 2.24.